The molecule has 1 heterocycles. The van der Waals surface area contributed by atoms with Gasteiger partial charge in [-0.05, 0) is 25.9 Å². The van der Waals surface area contributed by atoms with E-state index in [1.54, 1.807) is 7.11 Å². The molecule has 4 nitrogen and oxygen atoms in total. The van der Waals surface area contributed by atoms with Crippen LogP contribution in [0.4, 0.5) is 0 Å². The molecule has 1 aliphatic heterocycles. The zero-order valence-corrected chi connectivity index (χ0v) is 10.5. The number of ketones is 1. The van der Waals surface area contributed by atoms with E-state index in [9.17, 15) is 4.79 Å². The standard InChI is InChI=1S/C12H24N2O2/c1-11(4-9-16-2)12(15)10-14-7-3-5-13-6-8-14/h11,13H,3-10H2,1-2H3. The van der Waals surface area contributed by atoms with Crippen molar-refractivity contribution in [3.63, 3.8) is 0 Å². The van der Waals surface area contributed by atoms with E-state index < -0.39 is 0 Å². The normalized spacial score (nSPS) is 20.4. The Labute approximate surface area is 98.3 Å². The molecule has 1 N–H and O–H groups in total. The van der Waals surface area contributed by atoms with Crippen LogP contribution in [-0.4, -0.2) is 57.1 Å². The summed E-state index contributed by atoms with van der Waals surface area (Å²) in [5.74, 6) is 0.468. The molecule has 0 radical (unpaired) electrons. The molecule has 0 saturated carbocycles. The number of ether oxygens (including phenoxy) is 1. The Bertz CT molecular complexity index is 201. The van der Waals surface area contributed by atoms with E-state index >= 15 is 0 Å². The number of carbonyl (C=O) groups excluding carboxylic acids is 1. The number of nitrogens with zero attached hydrogens (tertiary/aromatic N) is 1. The van der Waals surface area contributed by atoms with Crippen molar-refractivity contribution >= 4 is 5.78 Å². The third-order valence-electron chi connectivity index (χ3n) is 3.12. The summed E-state index contributed by atoms with van der Waals surface area (Å²) < 4.78 is 5.00. The monoisotopic (exact) mass is 228 g/mol. The van der Waals surface area contributed by atoms with Gasteiger partial charge in [0.15, 0.2) is 0 Å². The summed E-state index contributed by atoms with van der Waals surface area (Å²) in [6.07, 6.45) is 1.97. The predicted octanol–water partition coefficient (Wildman–Crippen LogP) is 0.523. The minimum Gasteiger partial charge on any atom is -0.385 e. The van der Waals surface area contributed by atoms with Crippen molar-refractivity contribution in [2.45, 2.75) is 19.8 Å². The fourth-order valence-corrected chi connectivity index (χ4v) is 1.89. The van der Waals surface area contributed by atoms with Crippen LogP contribution < -0.4 is 5.32 Å². The molecule has 1 saturated heterocycles. The SMILES string of the molecule is COCCC(C)C(=O)CN1CCCNCC1. The number of methoxy groups -OCH3 is 1. The second-order valence-electron chi connectivity index (χ2n) is 4.53. The quantitative estimate of drug-likeness (QED) is 0.720. The van der Waals surface area contributed by atoms with E-state index in [0.29, 0.717) is 18.9 Å². The summed E-state index contributed by atoms with van der Waals surface area (Å²) in [4.78, 5) is 14.2. The van der Waals surface area contributed by atoms with Gasteiger partial charge in [0.05, 0.1) is 6.54 Å². The zero-order chi connectivity index (χ0) is 11.8. The highest BCUT2D eigenvalue weighted by atomic mass is 16.5. The van der Waals surface area contributed by atoms with Gasteiger partial charge in [-0.25, -0.2) is 0 Å². The zero-order valence-electron chi connectivity index (χ0n) is 10.5. The Kier molecular flexibility index (Phi) is 6.61. The van der Waals surface area contributed by atoms with E-state index in [4.69, 9.17) is 4.74 Å². The number of hydrogen-bond acceptors (Lipinski definition) is 4. The molecule has 0 amide bonds. The molecule has 0 bridgehead atoms. The number of hydrogen-bond donors (Lipinski definition) is 1. The molecule has 0 spiro atoms. The van der Waals surface area contributed by atoms with Gasteiger partial charge in [0.25, 0.3) is 0 Å². The average molecular weight is 228 g/mol. The molecule has 1 atom stereocenters. The number of rotatable bonds is 6. The fraction of sp³-hybridized carbons (Fsp3) is 0.917. The predicted molar refractivity (Wildman–Crippen MR) is 64.6 cm³/mol. The largest absolute Gasteiger partial charge is 0.385 e. The van der Waals surface area contributed by atoms with Crippen LogP contribution in [0, 0.1) is 5.92 Å². The molecule has 1 unspecified atom stereocenters. The lowest BCUT2D eigenvalue weighted by Gasteiger charge is -2.20. The van der Waals surface area contributed by atoms with E-state index in [0.717, 1.165) is 39.0 Å². The molecule has 0 aromatic heterocycles. The molecule has 4 heteroatoms. The van der Waals surface area contributed by atoms with E-state index in [2.05, 4.69) is 10.2 Å². The van der Waals surface area contributed by atoms with Crippen LogP contribution in [0.15, 0.2) is 0 Å². The lowest BCUT2D eigenvalue weighted by molar-refractivity contribution is -0.124. The Hall–Kier alpha value is -0.450. The van der Waals surface area contributed by atoms with Crippen LogP contribution in [-0.2, 0) is 9.53 Å². The second kappa shape index (κ2) is 7.76. The van der Waals surface area contributed by atoms with Crippen molar-refractivity contribution in [3.05, 3.63) is 0 Å². The van der Waals surface area contributed by atoms with Crippen molar-refractivity contribution in [1.29, 1.82) is 0 Å². The third-order valence-corrected chi connectivity index (χ3v) is 3.12. The number of carbonyl (C=O) groups is 1. The third kappa shape index (κ3) is 5.05. The summed E-state index contributed by atoms with van der Waals surface area (Å²) in [5.41, 5.74) is 0. The smallest absolute Gasteiger partial charge is 0.149 e. The molecule has 16 heavy (non-hydrogen) atoms. The first kappa shape index (κ1) is 13.6. The van der Waals surface area contributed by atoms with E-state index in [1.807, 2.05) is 6.92 Å². The van der Waals surface area contributed by atoms with E-state index in [1.165, 1.54) is 0 Å². The maximum Gasteiger partial charge on any atom is 0.149 e. The fourth-order valence-electron chi connectivity index (χ4n) is 1.89. The average Bonchev–Trinajstić information content (AvgIpc) is 2.54. The molecule has 0 aromatic rings. The second-order valence-corrected chi connectivity index (χ2v) is 4.53. The summed E-state index contributed by atoms with van der Waals surface area (Å²) >= 11 is 0. The van der Waals surface area contributed by atoms with Gasteiger partial charge >= 0.3 is 0 Å². The Balaban J connectivity index is 2.25. The van der Waals surface area contributed by atoms with Crippen LogP contribution in [0.1, 0.15) is 19.8 Å². The van der Waals surface area contributed by atoms with Gasteiger partial charge in [0.2, 0.25) is 0 Å². The van der Waals surface area contributed by atoms with Gasteiger partial charge in [0, 0.05) is 32.7 Å². The Morgan fingerprint density at radius 2 is 2.25 bits per heavy atom. The molecule has 0 aromatic carbocycles. The van der Waals surface area contributed by atoms with Gasteiger partial charge in [-0.2, -0.15) is 0 Å². The van der Waals surface area contributed by atoms with Gasteiger partial charge in [-0.3, -0.25) is 9.69 Å². The molecule has 0 aliphatic carbocycles. The highest BCUT2D eigenvalue weighted by Gasteiger charge is 2.17. The summed E-state index contributed by atoms with van der Waals surface area (Å²) in [5, 5.41) is 3.34. The van der Waals surface area contributed by atoms with Crippen molar-refractivity contribution in [2.75, 3.05) is 46.4 Å². The van der Waals surface area contributed by atoms with Crippen molar-refractivity contribution in [1.82, 2.24) is 10.2 Å². The number of Topliss-reactive ketones (excluding diaryl/α,β-unsaturated/α-hetero) is 1. The molecule has 1 fully saturated rings. The van der Waals surface area contributed by atoms with E-state index in [-0.39, 0.29) is 5.92 Å². The minimum absolute atomic E-state index is 0.121. The molecule has 94 valence electrons. The first-order valence-electron chi connectivity index (χ1n) is 6.18. The first-order chi connectivity index (χ1) is 7.74. The first-order valence-corrected chi connectivity index (χ1v) is 6.18. The molecule has 1 aliphatic rings. The highest BCUT2D eigenvalue weighted by Crippen LogP contribution is 2.06. The van der Waals surface area contributed by atoms with Crippen LogP contribution in [0.5, 0.6) is 0 Å². The van der Waals surface area contributed by atoms with Crippen LogP contribution in [0.3, 0.4) is 0 Å². The highest BCUT2D eigenvalue weighted by molar-refractivity contribution is 5.82. The van der Waals surface area contributed by atoms with Gasteiger partial charge in [-0.1, -0.05) is 6.92 Å². The Morgan fingerprint density at radius 3 is 3.00 bits per heavy atom. The molecular weight excluding hydrogens is 204 g/mol. The van der Waals surface area contributed by atoms with Crippen molar-refractivity contribution in [3.8, 4) is 0 Å². The minimum atomic E-state index is 0.121. The van der Waals surface area contributed by atoms with Gasteiger partial charge in [-0.15, -0.1) is 0 Å². The van der Waals surface area contributed by atoms with Crippen LogP contribution in [0.25, 0.3) is 0 Å². The maximum absolute atomic E-state index is 11.9. The van der Waals surface area contributed by atoms with Gasteiger partial charge in [0.1, 0.15) is 5.78 Å². The molecule has 1 rings (SSSR count). The lowest BCUT2D eigenvalue weighted by Crippen LogP contribution is -2.35. The van der Waals surface area contributed by atoms with Crippen molar-refractivity contribution < 1.29 is 9.53 Å². The summed E-state index contributed by atoms with van der Waals surface area (Å²) in [6.45, 7) is 7.38. The maximum atomic E-state index is 11.9. The summed E-state index contributed by atoms with van der Waals surface area (Å²) in [7, 11) is 1.68. The Morgan fingerprint density at radius 1 is 1.44 bits per heavy atom. The topological polar surface area (TPSA) is 41.6 Å². The van der Waals surface area contributed by atoms with Crippen LogP contribution in [0.2, 0.25) is 0 Å². The molecular formula is C12H24N2O2. The van der Waals surface area contributed by atoms with Gasteiger partial charge < -0.3 is 10.1 Å². The number of nitrogens with one attached hydrogen (secondary N) is 1. The summed E-state index contributed by atoms with van der Waals surface area (Å²) in [6, 6.07) is 0. The van der Waals surface area contributed by atoms with Crippen molar-refractivity contribution in [2.24, 2.45) is 5.92 Å². The van der Waals surface area contributed by atoms with Crippen LogP contribution >= 0.6 is 0 Å². The lowest BCUT2D eigenvalue weighted by atomic mass is 10.0.